The van der Waals surface area contributed by atoms with Gasteiger partial charge >= 0.3 is 0 Å². The molecule has 2 heterocycles. The van der Waals surface area contributed by atoms with Crippen LogP contribution in [0.25, 0.3) is 106 Å². The zero-order valence-electron chi connectivity index (χ0n) is 25.8. The van der Waals surface area contributed by atoms with Crippen LogP contribution in [0.2, 0.25) is 0 Å². The van der Waals surface area contributed by atoms with Crippen molar-refractivity contribution in [2.45, 2.75) is 0 Å². The van der Waals surface area contributed by atoms with Crippen molar-refractivity contribution in [1.29, 1.82) is 0 Å². The third kappa shape index (κ3) is 3.70. The van der Waals surface area contributed by atoms with E-state index < -0.39 is 0 Å². The predicted octanol–water partition coefficient (Wildman–Crippen LogP) is 14.4. The molecule has 0 atom stereocenters. The van der Waals surface area contributed by atoms with Gasteiger partial charge in [-0.15, -0.1) is 22.7 Å². The van der Waals surface area contributed by atoms with E-state index in [0.717, 1.165) is 0 Å². The van der Waals surface area contributed by atoms with Gasteiger partial charge in [-0.25, -0.2) is 0 Å². The van der Waals surface area contributed by atoms with Crippen LogP contribution in [0.15, 0.2) is 158 Å². The molecule has 0 fully saturated rings. The van der Waals surface area contributed by atoms with Crippen LogP contribution >= 0.6 is 22.7 Å². The summed E-state index contributed by atoms with van der Waals surface area (Å²) in [5.74, 6) is 0. The van der Waals surface area contributed by atoms with Gasteiger partial charge in [0.25, 0.3) is 0 Å². The summed E-state index contributed by atoms with van der Waals surface area (Å²) in [6, 6.07) is 58.8. The van der Waals surface area contributed by atoms with Gasteiger partial charge in [-0.3, -0.25) is 0 Å². The number of hydrogen-bond donors (Lipinski definition) is 0. The lowest BCUT2D eigenvalue weighted by molar-refractivity contribution is 1.67. The van der Waals surface area contributed by atoms with Gasteiger partial charge in [-0.2, -0.15) is 0 Å². The topological polar surface area (TPSA) is 0 Å². The summed E-state index contributed by atoms with van der Waals surface area (Å²) in [5, 5.41) is 15.8. The Morgan fingerprint density at radius 1 is 0.292 bits per heavy atom. The van der Waals surface area contributed by atoms with Gasteiger partial charge in [0.05, 0.1) is 0 Å². The highest BCUT2D eigenvalue weighted by molar-refractivity contribution is 7.27. The Bertz CT molecular complexity index is 2880. The minimum Gasteiger partial charge on any atom is -0.135 e. The van der Waals surface area contributed by atoms with Crippen molar-refractivity contribution in [2.24, 2.45) is 0 Å². The molecule has 0 spiro atoms. The molecule has 0 aliphatic carbocycles. The van der Waals surface area contributed by atoms with Crippen molar-refractivity contribution < 1.29 is 0 Å². The van der Waals surface area contributed by atoms with Gasteiger partial charge in [-0.1, -0.05) is 121 Å². The number of fused-ring (bicyclic) bond motifs is 14. The Kier molecular flexibility index (Phi) is 5.51. The molecular weight excluding hydrogens is 617 g/mol. The first-order valence-corrected chi connectivity index (χ1v) is 18.1. The molecule has 0 aliphatic rings. The van der Waals surface area contributed by atoms with Crippen molar-refractivity contribution in [2.75, 3.05) is 0 Å². The summed E-state index contributed by atoms with van der Waals surface area (Å²) in [7, 11) is 0. The highest BCUT2D eigenvalue weighted by Crippen LogP contribution is 2.48. The quantitative estimate of drug-likeness (QED) is 0.130. The fourth-order valence-electron chi connectivity index (χ4n) is 8.05. The summed E-state index contributed by atoms with van der Waals surface area (Å²) in [6.07, 6.45) is 0. The molecule has 2 heteroatoms. The second-order valence-corrected chi connectivity index (χ2v) is 14.9. The molecule has 0 nitrogen and oxygen atoms in total. The van der Waals surface area contributed by atoms with Crippen LogP contribution in [0.1, 0.15) is 0 Å². The Hall–Kier alpha value is -5.54. The van der Waals surface area contributed by atoms with Gasteiger partial charge in [0.15, 0.2) is 0 Å². The Morgan fingerprint density at radius 2 is 0.688 bits per heavy atom. The third-order valence-corrected chi connectivity index (χ3v) is 12.6. The molecule has 0 radical (unpaired) electrons. The van der Waals surface area contributed by atoms with E-state index in [9.17, 15) is 0 Å². The molecule has 0 N–H and O–H groups in total. The standard InChI is InChI=1S/C46H26S2/c1-3-11-27(12-4-1)39-25-29-23-38-30(24-37(29)33-19-21-35-31-15-7-9-17-41(31)47-45(35)43(33)39)26-40(28-13-5-2-6-14-28)44-34(38)20-22-36-32-16-8-10-18-42(32)48-46(36)44/h1-26H. The van der Waals surface area contributed by atoms with Crippen LogP contribution in [-0.4, -0.2) is 0 Å². The number of thiophene rings is 2. The van der Waals surface area contributed by atoms with Gasteiger partial charge in [0, 0.05) is 51.1 Å². The highest BCUT2D eigenvalue weighted by atomic mass is 32.1. The van der Waals surface area contributed by atoms with Crippen molar-refractivity contribution in [1.82, 2.24) is 0 Å². The maximum atomic E-state index is 2.46. The maximum absolute atomic E-state index is 2.46. The lowest BCUT2D eigenvalue weighted by atomic mass is 9.88. The zero-order chi connectivity index (χ0) is 31.3. The fourth-order valence-corrected chi connectivity index (χ4v) is 10.6. The van der Waals surface area contributed by atoms with Crippen LogP contribution in [0, 0.1) is 0 Å². The number of benzene rings is 9. The Balaban J connectivity index is 1.32. The first-order chi connectivity index (χ1) is 23.8. The van der Waals surface area contributed by atoms with Gasteiger partial charge in [0.1, 0.15) is 0 Å². The zero-order valence-corrected chi connectivity index (χ0v) is 27.5. The van der Waals surface area contributed by atoms with E-state index >= 15 is 0 Å². The van der Waals surface area contributed by atoms with Crippen molar-refractivity contribution in [3.63, 3.8) is 0 Å². The first-order valence-electron chi connectivity index (χ1n) is 16.4. The number of rotatable bonds is 2. The molecule has 0 saturated heterocycles. The summed E-state index contributed by atoms with van der Waals surface area (Å²) in [4.78, 5) is 0. The summed E-state index contributed by atoms with van der Waals surface area (Å²) in [6.45, 7) is 0. The van der Waals surface area contributed by atoms with E-state index in [1.165, 1.54) is 106 Å². The van der Waals surface area contributed by atoms with E-state index in [0.29, 0.717) is 0 Å². The van der Waals surface area contributed by atoms with Crippen LogP contribution in [0.3, 0.4) is 0 Å². The fraction of sp³-hybridized carbons (Fsp3) is 0. The first kappa shape index (κ1) is 26.5. The molecule has 9 aromatic carbocycles. The molecule has 11 rings (SSSR count). The molecule has 0 bridgehead atoms. The van der Waals surface area contributed by atoms with Crippen molar-refractivity contribution in [3.8, 4) is 22.3 Å². The monoisotopic (exact) mass is 642 g/mol. The van der Waals surface area contributed by atoms with Crippen LogP contribution in [0.4, 0.5) is 0 Å². The minimum absolute atomic E-state index is 1.26. The SMILES string of the molecule is c1ccc(-c2cc3cc4c(cc(-c5ccccc5)c5c4ccc4c6ccccc6sc45)cc3c3ccc4c5ccccc5sc4c23)cc1. The van der Waals surface area contributed by atoms with Gasteiger partial charge in [0.2, 0.25) is 0 Å². The smallest absolute Gasteiger partial charge is 0.0440 e. The minimum atomic E-state index is 1.26. The molecule has 0 unspecified atom stereocenters. The third-order valence-electron chi connectivity index (χ3n) is 10.2. The summed E-state index contributed by atoms with van der Waals surface area (Å²) >= 11 is 3.84. The second kappa shape index (κ2) is 9.98. The van der Waals surface area contributed by atoms with Crippen LogP contribution in [0.5, 0.6) is 0 Å². The molecule has 222 valence electrons. The Morgan fingerprint density at radius 3 is 1.15 bits per heavy atom. The molecular formula is C46H26S2. The van der Waals surface area contributed by atoms with Crippen molar-refractivity contribution in [3.05, 3.63) is 158 Å². The molecule has 2 aromatic heterocycles. The van der Waals surface area contributed by atoms with E-state index in [-0.39, 0.29) is 0 Å². The maximum Gasteiger partial charge on any atom is 0.0440 e. The summed E-state index contributed by atoms with van der Waals surface area (Å²) < 4.78 is 5.41. The van der Waals surface area contributed by atoms with E-state index in [4.69, 9.17) is 0 Å². The molecule has 0 aliphatic heterocycles. The highest BCUT2D eigenvalue weighted by Gasteiger charge is 2.19. The van der Waals surface area contributed by atoms with Crippen LogP contribution in [-0.2, 0) is 0 Å². The largest absolute Gasteiger partial charge is 0.135 e. The average Bonchev–Trinajstić information content (AvgIpc) is 3.73. The average molecular weight is 643 g/mol. The molecule has 0 saturated carbocycles. The second-order valence-electron chi connectivity index (χ2n) is 12.8. The normalized spacial score (nSPS) is 12.2. The summed E-state index contributed by atoms with van der Waals surface area (Å²) in [5.41, 5.74) is 5.11. The van der Waals surface area contributed by atoms with E-state index in [1.807, 2.05) is 22.7 Å². The van der Waals surface area contributed by atoms with Gasteiger partial charge in [-0.05, 0) is 91.0 Å². The lowest BCUT2D eigenvalue weighted by Crippen LogP contribution is -1.89. The van der Waals surface area contributed by atoms with Crippen LogP contribution < -0.4 is 0 Å². The van der Waals surface area contributed by atoms with E-state index in [2.05, 4.69) is 158 Å². The van der Waals surface area contributed by atoms with Crippen molar-refractivity contribution >= 4 is 106 Å². The molecule has 0 amide bonds. The predicted molar refractivity (Wildman–Crippen MR) is 213 cm³/mol. The number of hydrogen-bond acceptors (Lipinski definition) is 2. The van der Waals surface area contributed by atoms with Gasteiger partial charge < -0.3 is 0 Å². The molecule has 48 heavy (non-hydrogen) atoms. The van der Waals surface area contributed by atoms with E-state index in [1.54, 1.807) is 0 Å². The lowest BCUT2D eigenvalue weighted by Gasteiger charge is -2.16. The Labute approximate surface area is 284 Å². The molecule has 11 aromatic rings.